The Balaban J connectivity index is 2.16. The number of non-ortho nitro benzene ring substituents is 1. The normalized spacial score (nSPS) is 10.8. The lowest BCUT2D eigenvalue weighted by Gasteiger charge is -2.09. The molecule has 1 aromatic carbocycles. The van der Waals surface area contributed by atoms with Crippen molar-refractivity contribution < 1.29 is 4.92 Å². The number of aryl methyl sites for hydroxylation is 2. The number of hydrogen-bond acceptors (Lipinski definition) is 5. The van der Waals surface area contributed by atoms with E-state index >= 15 is 0 Å². The van der Waals surface area contributed by atoms with Gasteiger partial charge in [-0.1, -0.05) is 0 Å². The maximum atomic E-state index is 11.1. The van der Waals surface area contributed by atoms with Crippen molar-refractivity contribution in [2.45, 2.75) is 6.92 Å². The molecule has 21 heavy (non-hydrogen) atoms. The molecule has 3 rings (SSSR count). The summed E-state index contributed by atoms with van der Waals surface area (Å²) in [6.45, 7) is 1.85. The summed E-state index contributed by atoms with van der Waals surface area (Å²) in [5, 5.41) is 19.7. The van der Waals surface area contributed by atoms with E-state index in [2.05, 4.69) is 15.4 Å². The first-order valence-corrected chi connectivity index (χ1v) is 6.34. The van der Waals surface area contributed by atoms with Crippen LogP contribution in [-0.4, -0.2) is 19.7 Å². The van der Waals surface area contributed by atoms with Gasteiger partial charge in [0.1, 0.15) is 0 Å². The zero-order valence-electron chi connectivity index (χ0n) is 11.6. The average Bonchev–Trinajstić information content (AvgIpc) is 2.84. The highest BCUT2D eigenvalue weighted by molar-refractivity contribution is 6.00. The van der Waals surface area contributed by atoms with Crippen LogP contribution in [0, 0.1) is 17.0 Å². The van der Waals surface area contributed by atoms with E-state index in [9.17, 15) is 10.1 Å². The van der Waals surface area contributed by atoms with Crippen molar-refractivity contribution >= 4 is 27.8 Å². The fourth-order valence-electron chi connectivity index (χ4n) is 2.24. The molecule has 0 saturated heterocycles. The minimum Gasteiger partial charge on any atom is -0.352 e. The van der Waals surface area contributed by atoms with E-state index in [4.69, 9.17) is 0 Å². The summed E-state index contributed by atoms with van der Waals surface area (Å²) in [5.41, 5.74) is 2.46. The third kappa shape index (κ3) is 2.40. The fraction of sp³-hybridized carbons (Fsp3) is 0.143. The molecular formula is C14H13N5O2. The molecule has 1 N–H and O–H groups in total. The van der Waals surface area contributed by atoms with Gasteiger partial charge in [0.2, 0.25) is 0 Å². The molecule has 0 bridgehead atoms. The van der Waals surface area contributed by atoms with Gasteiger partial charge in [-0.25, -0.2) is 0 Å². The van der Waals surface area contributed by atoms with Gasteiger partial charge >= 0.3 is 0 Å². The van der Waals surface area contributed by atoms with Gasteiger partial charge in [-0.05, 0) is 19.1 Å². The molecule has 0 fully saturated rings. The summed E-state index contributed by atoms with van der Waals surface area (Å²) in [7, 11) is 1.83. The van der Waals surface area contributed by atoms with Gasteiger partial charge in [-0.15, -0.1) is 0 Å². The topological polar surface area (TPSA) is 85.9 Å². The predicted octanol–water partition coefficient (Wildman–Crippen LogP) is 2.93. The first kappa shape index (κ1) is 13.0. The Morgan fingerprint density at radius 3 is 2.76 bits per heavy atom. The van der Waals surface area contributed by atoms with Crippen LogP contribution in [0.3, 0.4) is 0 Å². The molecule has 0 aliphatic carbocycles. The second kappa shape index (κ2) is 4.86. The highest BCUT2D eigenvalue weighted by atomic mass is 16.6. The Morgan fingerprint density at radius 1 is 1.29 bits per heavy atom. The summed E-state index contributed by atoms with van der Waals surface area (Å²) in [6.07, 6.45) is 5.07. The van der Waals surface area contributed by atoms with Crippen LogP contribution in [0.4, 0.5) is 17.1 Å². The smallest absolute Gasteiger partial charge is 0.278 e. The SMILES string of the molecule is Cc1cc2c(Nc3cnn(C)c3)ccc([N+](=O)[O-])c2cn1. The third-order valence-electron chi connectivity index (χ3n) is 3.20. The van der Waals surface area contributed by atoms with Crippen LogP contribution in [0.15, 0.2) is 36.8 Å². The van der Waals surface area contributed by atoms with Crippen LogP contribution in [0.2, 0.25) is 0 Å². The van der Waals surface area contributed by atoms with Gasteiger partial charge in [-0.2, -0.15) is 5.10 Å². The highest BCUT2D eigenvalue weighted by Gasteiger charge is 2.15. The molecule has 7 heteroatoms. The standard InChI is InChI=1S/C14H13N5O2/c1-9-5-11-12(7-15-9)14(19(20)21)4-3-13(11)17-10-6-16-18(2)8-10/h3-8,17H,1-2H3. The fourth-order valence-corrected chi connectivity index (χ4v) is 2.24. The molecule has 2 aromatic heterocycles. The van der Waals surface area contributed by atoms with Gasteiger partial charge in [0.25, 0.3) is 5.69 Å². The van der Waals surface area contributed by atoms with E-state index in [0.717, 1.165) is 22.5 Å². The number of benzene rings is 1. The van der Waals surface area contributed by atoms with Crippen molar-refractivity contribution in [2.75, 3.05) is 5.32 Å². The lowest BCUT2D eigenvalue weighted by atomic mass is 10.1. The second-order valence-electron chi connectivity index (χ2n) is 4.79. The molecule has 2 heterocycles. The van der Waals surface area contributed by atoms with Crippen LogP contribution in [-0.2, 0) is 7.05 Å². The molecule has 0 saturated carbocycles. The number of nitro groups is 1. The van der Waals surface area contributed by atoms with E-state index in [0.29, 0.717) is 5.39 Å². The first-order valence-electron chi connectivity index (χ1n) is 6.34. The summed E-state index contributed by atoms with van der Waals surface area (Å²) < 4.78 is 1.68. The maximum absolute atomic E-state index is 11.1. The lowest BCUT2D eigenvalue weighted by molar-refractivity contribution is -0.383. The summed E-state index contributed by atoms with van der Waals surface area (Å²) in [6, 6.07) is 5.02. The van der Waals surface area contributed by atoms with Crippen molar-refractivity contribution in [3.63, 3.8) is 0 Å². The molecule has 0 aliphatic heterocycles. The molecule has 0 unspecified atom stereocenters. The molecule has 3 aromatic rings. The van der Waals surface area contributed by atoms with Crippen molar-refractivity contribution in [1.82, 2.24) is 14.8 Å². The van der Waals surface area contributed by atoms with Gasteiger partial charge in [0.05, 0.1) is 22.2 Å². The van der Waals surface area contributed by atoms with E-state index in [1.807, 2.05) is 26.2 Å². The molecule has 0 aliphatic rings. The molecule has 7 nitrogen and oxygen atoms in total. The summed E-state index contributed by atoms with van der Waals surface area (Å²) in [4.78, 5) is 14.9. The van der Waals surface area contributed by atoms with E-state index in [1.54, 1.807) is 16.9 Å². The maximum Gasteiger partial charge on any atom is 0.278 e. The Hall–Kier alpha value is -2.96. The van der Waals surface area contributed by atoms with Crippen LogP contribution in [0.1, 0.15) is 5.69 Å². The Labute approximate surface area is 120 Å². The van der Waals surface area contributed by atoms with E-state index in [-0.39, 0.29) is 5.69 Å². The average molecular weight is 283 g/mol. The molecule has 106 valence electrons. The van der Waals surface area contributed by atoms with Crippen LogP contribution in [0.25, 0.3) is 10.8 Å². The number of rotatable bonds is 3. The highest BCUT2D eigenvalue weighted by Crippen LogP contribution is 2.32. The van der Waals surface area contributed by atoms with Gasteiger partial charge in [-0.3, -0.25) is 19.8 Å². The number of nitrogens with zero attached hydrogens (tertiary/aromatic N) is 4. The molecule has 0 spiro atoms. The van der Waals surface area contributed by atoms with Crippen molar-refractivity contribution in [3.8, 4) is 0 Å². The quantitative estimate of drug-likeness (QED) is 0.590. The van der Waals surface area contributed by atoms with E-state index < -0.39 is 4.92 Å². The first-order chi connectivity index (χ1) is 10.0. The summed E-state index contributed by atoms with van der Waals surface area (Å²) in [5.74, 6) is 0. The number of nitrogens with one attached hydrogen (secondary N) is 1. The largest absolute Gasteiger partial charge is 0.352 e. The third-order valence-corrected chi connectivity index (χ3v) is 3.20. The number of anilines is 2. The van der Waals surface area contributed by atoms with Crippen molar-refractivity contribution in [1.29, 1.82) is 0 Å². The predicted molar refractivity (Wildman–Crippen MR) is 79.6 cm³/mol. The zero-order chi connectivity index (χ0) is 15.0. The number of aromatic nitrogens is 3. The molecule has 0 atom stereocenters. The second-order valence-corrected chi connectivity index (χ2v) is 4.79. The van der Waals surface area contributed by atoms with Gasteiger partial charge < -0.3 is 5.32 Å². The number of hydrogen-bond donors (Lipinski definition) is 1. The number of nitro benzene ring substituents is 1. The van der Waals surface area contributed by atoms with Gasteiger partial charge in [0, 0.05) is 42.3 Å². The molecule has 0 radical (unpaired) electrons. The van der Waals surface area contributed by atoms with Crippen molar-refractivity contribution in [2.24, 2.45) is 7.05 Å². The lowest BCUT2D eigenvalue weighted by Crippen LogP contribution is -1.96. The number of fused-ring (bicyclic) bond motifs is 1. The minimum atomic E-state index is -0.396. The Kier molecular flexibility index (Phi) is 3.02. The van der Waals surface area contributed by atoms with Crippen LogP contribution in [0.5, 0.6) is 0 Å². The monoisotopic (exact) mass is 283 g/mol. The van der Waals surface area contributed by atoms with E-state index in [1.165, 1.54) is 12.3 Å². The van der Waals surface area contributed by atoms with Crippen LogP contribution >= 0.6 is 0 Å². The van der Waals surface area contributed by atoms with Gasteiger partial charge in [0.15, 0.2) is 0 Å². The molecule has 0 amide bonds. The van der Waals surface area contributed by atoms with Crippen molar-refractivity contribution in [3.05, 3.63) is 52.6 Å². The number of pyridine rings is 1. The van der Waals surface area contributed by atoms with Crippen LogP contribution < -0.4 is 5.32 Å². The minimum absolute atomic E-state index is 0.0502. The zero-order valence-corrected chi connectivity index (χ0v) is 11.6. The molecular weight excluding hydrogens is 270 g/mol. The Bertz CT molecular complexity index is 840. The summed E-state index contributed by atoms with van der Waals surface area (Å²) >= 11 is 0. The Morgan fingerprint density at radius 2 is 2.10 bits per heavy atom.